The van der Waals surface area contributed by atoms with Gasteiger partial charge in [-0.3, -0.25) is 4.57 Å². The number of thioether (sulfide) groups is 2. The van der Waals surface area contributed by atoms with Gasteiger partial charge in [0, 0.05) is 65.9 Å². The molecule has 0 aliphatic carbocycles. The first kappa shape index (κ1) is 33.5. The number of halogens is 5. The molecular formula is C21H17BrCl2F2NNaO5PS3. The van der Waals surface area contributed by atoms with Crippen LogP contribution in [0.4, 0.5) is 8.78 Å². The first-order valence-corrected chi connectivity index (χ1v) is 16.4. The van der Waals surface area contributed by atoms with E-state index in [1.165, 1.54) is 47.8 Å². The minimum Gasteiger partial charge on any atom is -0.320 e. The molecule has 195 valence electrons. The van der Waals surface area contributed by atoms with Gasteiger partial charge in [0.2, 0.25) is 10.0 Å². The first-order valence-electron chi connectivity index (χ1n) is 9.68. The fourth-order valence-electron chi connectivity index (χ4n) is 2.93. The number of nitrogens with two attached hydrogens (primary N) is 1. The zero-order valence-electron chi connectivity index (χ0n) is 18.9. The summed E-state index contributed by atoms with van der Waals surface area (Å²) in [6.45, 7) is 0. The summed E-state index contributed by atoms with van der Waals surface area (Å²) >= 11 is 18.0. The summed E-state index contributed by atoms with van der Waals surface area (Å²) in [5.74, 6) is 0.768. The Hall–Kier alpha value is 0.340. The molecular weight excluding hydrogens is 685 g/mol. The van der Waals surface area contributed by atoms with Crippen molar-refractivity contribution >= 4 is 110 Å². The summed E-state index contributed by atoms with van der Waals surface area (Å²) in [6.07, 6.45) is 0. The van der Waals surface area contributed by atoms with Crippen LogP contribution in [0.2, 0.25) is 10.0 Å². The fraction of sp³-hybridized carbons (Fsp3) is 0.143. The standard InChI is InChI=1S/C21H17BrCl2F2NO5PS3.Na/c22-17-6-12(4-5-16(17)21(25,26)33(28,29)30)10-34-14-2-1-3-15(8-14)35-11-13-7-20(36(27,31)32)19(24)9-18(13)23;/h1-9H,10-11H2,(H2,27,31,32)(H2,28,29,30);. The van der Waals surface area contributed by atoms with Crippen LogP contribution in [0.3, 0.4) is 0 Å². The van der Waals surface area contributed by atoms with Crippen LogP contribution in [0.5, 0.6) is 0 Å². The number of sulfonamides is 1. The van der Waals surface area contributed by atoms with E-state index in [0.29, 0.717) is 27.7 Å². The second kappa shape index (κ2) is 13.3. The maximum Gasteiger partial charge on any atom is 0.399 e. The molecule has 1 radical (unpaired) electrons. The van der Waals surface area contributed by atoms with Crippen molar-refractivity contribution in [3.05, 3.63) is 85.8 Å². The van der Waals surface area contributed by atoms with Gasteiger partial charge in [-0.1, -0.05) is 57.3 Å². The molecule has 0 unspecified atom stereocenters. The summed E-state index contributed by atoms with van der Waals surface area (Å²) in [6, 6.07) is 14.0. The van der Waals surface area contributed by atoms with Gasteiger partial charge in [0.1, 0.15) is 4.90 Å². The Morgan fingerprint density at radius 3 is 2.11 bits per heavy atom. The van der Waals surface area contributed by atoms with Crippen molar-refractivity contribution < 1.29 is 31.6 Å². The van der Waals surface area contributed by atoms with Crippen molar-refractivity contribution in [1.29, 1.82) is 0 Å². The van der Waals surface area contributed by atoms with Crippen molar-refractivity contribution in [3.63, 3.8) is 0 Å². The van der Waals surface area contributed by atoms with Crippen LogP contribution < -0.4 is 5.14 Å². The minimum absolute atomic E-state index is 0. The molecule has 0 amide bonds. The van der Waals surface area contributed by atoms with Crippen LogP contribution >= 0.6 is 70.3 Å². The van der Waals surface area contributed by atoms with Crippen LogP contribution in [0.25, 0.3) is 0 Å². The largest absolute Gasteiger partial charge is 0.399 e. The van der Waals surface area contributed by atoms with E-state index < -0.39 is 28.8 Å². The van der Waals surface area contributed by atoms with Gasteiger partial charge < -0.3 is 9.79 Å². The minimum atomic E-state index is -5.67. The van der Waals surface area contributed by atoms with Gasteiger partial charge in [0.15, 0.2) is 0 Å². The molecule has 0 saturated heterocycles. The van der Waals surface area contributed by atoms with Crippen LogP contribution in [0, 0.1) is 0 Å². The monoisotopic (exact) mass is 700 g/mol. The van der Waals surface area contributed by atoms with Crippen molar-refractivity contribution in [3.8, 4) is 0 Å². The molecule has 0 bridgehead atoms. The van der Waals surface area contributed by atoms with Crippen molar-refractivity contribution in [1.82, 2.24) is 0 Å². The smallest absolute Gasteiger partial charge is 0.320 e. The number of alkyl halides is 2. The SMILES string of the molecule is NS(=O)(=O)c1cc(CSc2cccc(SCc3ccc(C(F)(F)P(=O)(O)O)c(Br)c3)c2)c(Cl)cc1Cl.[Na]. The first-order chi connectivity index (χ1) is 16.6. The second-order valence-electron chi connectivity index (χ2n) is 7.37. The average molecular weight is 702 g/mol. The molecule has 0 saturated carbocycles. The number of rotatable bonds is 9. The van der Waals surface area contributed by atoms with Crippen molar-refractivity contribution in [2.24, 2.45) is 5.14 Å². The number of benzene rings is 3. The third-order valence-electron chi connectivity index (χ3n) is 4.74. The molecule has 0 heterocycles. The summed E-state index contributed by atoms with van der Waals surface area (Å²) in [5.41, 5.74) is -3.87. The van der Waals surface area contributed by atoms with Gasteiger partial charge in [0.05, 0.1) is 5.02 Å². The molecule has 0 spiro atoms. The third kappa shape index (κ3) is 8.66. The molecule has 3 rings (SSSR count). The van der Waals surface area contributed by atoms with Crippen LogP contribution in [0.15, 0.2) is 73.8 Å². The number of hydrogen-bond acceptors (Lipinski definition) is 5. The molecule has 0 fully saturated rings. The topological polar surface area (TPSA) is 118 Å². The predicted octanol–water partition coefficient (Wildman–Crippen LogP) is 6.83. The second-order valence-corrected chi connectivity index (χ2v) is 14.3. The zero-order chi connectivity index (χ0) is 26.9. The van der Waals surface area contributed by atoms with E-state index in [2.05, 4.69) is 15.9 Å². The average Bonchev–Trinajstić information content (AvgIpc) is 2.75. The zero-order valence-corrected chi connectivity index (χ0v) is 27.3. The molecule has 0 atom stereocenters. The van der Waals surface area contributed by atoms with Gasteiger partial charge >= 0.3 is 13.3 Å². The third-order valence-corrected chi connectivity index (χ3v) is 10.2. The fourth-order valence-corrected chi connectivity index (χ4v) is 7.68. The molecule has 3 aromatic carbocycles. The molecule has 37 heavy (non-hydrogen) atoms. The molecule has 0 aromatic heterocycles. The van der Waals surface area contributed by atoms with Gasteiger partial charge in [-0.25, -0.2) is 13.6 Å². The maximum absolute atomic E-state index is 14.0. The van der Waals surface area contributed by atoms with E-state index in [1.54, 1.807) is 0 Å². The van der Waals surface area contributed by atoms with E-state index in [1.807, 2.05) is 24.3 Å². The Labute approximate surface area is 261 Å². The summed E-state index contributed by atoms with van der Waals surface area (Å²) < 4.78 is 62.5. The van der Waals surface area contributed by atoms with Crippen LogP contribution in [-0.4, -0.2) is 47.8 Å². The molecule has 16 heteroatoms. The quantitative estimate of drug-likeness (QED) is 0.127. The Kier molecular flexibility index (Phi) is 12.1. The predicted molar refractivity (Wildman–Crippen MR) is 149 cm³/mol. The summed E-state index contributed by atoms with van der Waals surface area (Å²) in [5, 5.41) is 5.46. The number of primary sulfonamides is 1. The van der Waals surface area contributed by atoms with Crippen LogP contribution in [0.1, 0.15) is 16.7 Å². The Balaban J connectivity index is 0.00000481. The molecule has 4 N–H and O–H groups in total. The molecule has 3 aromatic rings. The van der Waals surface area contributed by atoms with E-state index in [9.17, 15) is 21.8 Å². The van der Waals surface area contributed by atoms with Gasteiger partial charge in [0.25, 0.3) is 0 Å². The summed E-state index contributed by atoms with van der Waals surface area (Å²) in [4.78, 5) is 19.5. The molecule has 0 aliphatic rings. The van der Waals surface area contributed by atoms with E-state index >= 15 is 0 Å². The Bertz CT molecular complexity index is 1460. The van der Waals surface area contributed by atoms with E-state index in [0.717, 1.165) is 15.9 Å². The molecule has 0 aliphatic heterocycles. The Morgan fingerprint density at radius 2 is 1.57 bits per heavy atom. The normalized spacial score (nSPS) is 12.3. The number of hydrogen-bond donors (Lipinski definition) is 3. The van der Waals surface area contributed by atoms with E-state index in [-0.39, 0.29) is 43.9 Å². The van der Waals surface area contributed by atoms with Crippen molar-refractivity contribution in [2.45, 2.75) is 31.9 Å². The molecule has 6 nitrogen and oxygen atoms in total. The van der Waals surface area contributed by atoms with E-state index in [4.69, 9.17) is 38.1 Å². The Morgan fingerprint density at radius 1 is 0.973 bits per heavy atom. The van der Waals surface area contributed by atoms with Crippen molar-refractivity contribution in [2.75, 3.05) is 0 Å². The summed E-state index contributed by atoms with van der Waals surface area (Å²) in [7, 11) is -9.67. The maximum atomic E-state index is 14.0. The van der Waals surface area contributed by atoms with Gasteiger partial charge in [-0.15, -0.1) is 23.5 Å². The van der Waals surface area contributed by atoms with Crippen LogP contribution in [-0.2, 0) is 31.8 Å². The van der Waals surface area contributed by atoms with Gasteiger partial charge in [-0.2, -0.15) is 8.78 Å². The van der Waals surface area contributed by atoms with Gasteiger partial charge in [-0.05, 0) is 47.5 Å².